The molecule has 102 valence electrons. The van der Waals surface area contributed by atoms with Gasteiger partial charge in [-0.1, -0.05) is 6.92 Å². The van der Waals surface area contributed by atoms with Crippen LogP contribution in [0.4, 0.5) is 0 Å². The summed E-state index contributed by atoms with van der Waals surface area (Å²) in [6.07, 6.45) is 5.41. The zero-order valence-corrected chi connectivity index (χ0v) is 11.5. The van der Waals surface area contributed by atoms with Crippen molar-refractivity contribution in [1.82, 2.24) is 25.1 Å². The normalized spacial score (nSPS) is 12.4. The van der Waals surface area contributed by atoms with Gasteiger partial charge in [0.1, 0.15) is 6.33 Å². The number of rotatable bonds is 6. The molecule has 0 aliphatic rings. The molecule has 0 radical (unpaired) electrons. The topological polar surface area (TPSA) is 64.9 Å². The van der Waals surface area contributed by atoms with E-state index in [1.807, 2.05) is 23.1 Å². The predicted molar refractivity (Wildman–Crippen MR) is 72.0 cm³/mol. The van der Waals surface area contributed by atoms with Crippen molar-refractivity contribution in [2.45, 2.75) is 26.4 Å². The number of aryl methyl sites for hydroxylation is 1. The second-order valence-corrected chi connectivity index (χ2v) is 4.11. The largest absolute Gasteiger partial charge is 0.481 e. The van der Waals surface area contributed by atoms with Crippen LogP contribution in [-0.4, -0.2) is 33.4 Å². The Bertz CT molecular complexity index is 525. The van der Waals surface area contributed by atoms with E-state index in [-0.39, 0.29) is 6.04 Å². The molecule has 2 heterocycles. The van der Waals surface area contributed by atoms with E-state index < -0.39 is 0 Å². The molecule has 2 aromatic rings. The summed E-state index contributed by atoms with van der Waals surface area (Å²) in [5.41, 5.74) is 1.97. The minimum atomic E-state index is 0.00204. The van der Waals surface area contributed by atoms with E-state index in [4.69, 9.17) is 4.74 Å². The first kappa shape index (κ1) is 13.5. The molecule has 0 saturated carbocycles. The highest BCUT2D eigenvalue weighted by Crippen LogP contribution is 2.21. The van der Waals surface area contributed by atoms with Gasteiger partial charge in [0.2, 0.25) is 5.88 Å². The van der Waals surface area contributed by atoms with Crippen LogP contribution in [-0.2, 0) is 6.54 Å². The first-order chi connectivity index (χ1) is 9.28. The molecule has 0 aliphatic carbocycles. The fourth-order valence-corrected chi connectivity index (χ4v) is 1.92. The van der Waals surface area contributed by atoms with E-state index in [9.17, 15) is 0 Å². The van der Waals surface area contributed by atoms with Crippen molar-refractivity contribution in [1.29, 1.82) is 0 Å². The molecule has 19 heavy (non-hydrogen) atoms. The van der Waals surface area contributed by atoms with Crippen molar-refractivity contribution >= 4 is 0 Å². The summed E-state index contributed by atoms with van der Waals surface area (Å²) in [5, 5.41) is 7.71. The number of nitrogens with one attached hydrogen (secondary N) is 1. The molecule has 6 nitrogen and oxygen atoms in total. The summed E-state index contributed by atoms with van der Waals surface area (Å²) < 4.78 is 7.05. The second kappa shape index (κ2) is 6.29. The third-order valence-electron chi connectivity index (χ3n) is 2.89. The number of ether oxygens (including phenoxy) is 1. The van der Waals surface area contributed by atoms with Gasteiger partial charge in [0, 0.05) is 24.4 Å². The lowest BCUT2D eigenvalue weighted by atomic mass is 10.1. The third kappa shape index (κ3) is 3.08. The van der Waals surface area contributed by atoms with E-state index in [0.717, 1.165) is 24.3 Å². The molecule has 0 fully saturated rings. The van der Waals surface area contributed by atoms with E-state index in [0.29, 0.717) is 5.88 Å². The maximum Gasteiger partial charge on any atom is 0.216 e. The molecule has 0 aromatic carbocycles. The van der Waals surface area contributed by atoms with Gasteiger partial charge in [0.15, 0.2) is 0 Å². The van der Waals surface area contributed by atoms with Crippen LogP contribution in [0.3, 0.4) is 0 Å². The molecular formula is C13H19N5O. The van der Waals surface area contributed by atoms with Crippen molar-refractivity contribution < 1.29 is 4.74 Å². The molecule has 0 saturated heterocycles. The molecule has 0 amide bonds. The Balaban J connectivity index is 2.32. The molecule has 0 spiro atoms. The fourth-order valence-electron chi connectivity index (χ4n) is 1.92. The zero-order chi connectivity index (χ0) is 13.7. The summed E-state index contributed by atoms with van der Waals surface area (Å²) >= 11 is 0. The zero-order valence-electron chi connectivity index (χ0n) is 11.5. The molecule has 6 heteroatoms. The smallest absolute Gasteiger partial charge is 0.216 e. The summed E-state index contributed by atoms with van der Waals surface area (Å²) in [5.74, 6) is 0.566. The van der Waals surface area contributed by atoms with Crippen LogP contribution in [0.5, 0.6) is 5.88 Å². The van der Waals surface area contributed by atoms with E-state index in [1.54, 1.807) is 7.11 Å². The Hall–Kier alpha value is -1.95. The van der Waals surface area contributed by atoms with Gasteiger partial charge in [0.05, 0.1) is 25.0 Å². The molecule has 2 rings (SSSR count). The van der Waals surface area contributed by atoms with E-state index >= 15 is 0 Å². The quantitative estimate of drug-likeness (QED) is 0.851. The van der Waals surface area contributed by atoms with Crippen molar-refractivity contribution in [3.8, 4) is 5.88 Å². The van der Waals surface area contributed by atoms with Crippen molar-refractivity contribution in [3.05, 3.63) is 36.0 Å². The average molecular weight is 261 g/mol. The van der Waals surface area contributed by atoms with Crippen molar-refractivity contribution in [2.75, 3.05) is 13.7 Å². The molecular weight excluding hydrogens is 242 g/mol. The number of methoxy groups -OCH3 is 1. The van der Waals surface area contributed by atoms with Gasteiger partial charge < -0.3 is 10.1 Å². The fraction of sp³-hybridized carbons (Fsp3) is 0.462. The van der Waals surface area contributed by atoms with Gasteiger partial charge in [-0.2, -0.15) is 5.10 Å². The van der Waals surface area contributed by atoms with Crippen molar-refractivity contribution in [3.63, 3.8) is 0 Å². The summed E-state index contributed by atoms with van der Waals surface area (Å²) in [7, 11) is 1.60. The first-order valence-corrected chi connectivity index (χ1v) is 6.40. The van der Waals surface area contributed by atoms with Crippen LogP contribution >= 0.6 is 0 Å². The number of hydrogen-bond acceptors (Lipinski definition) is 5. The Labute approximate surface area is 112 Å². The van der Waals surface area contributed by atoms with Crippen molar-refractivity contribution in [2.24, 2.45) is 0 Å². The van der Waals surface area contributed by atoms with Gasteiger partial charge in [-0.15, -0.1) is 0 Å². The van der Waals surface area contributed by atoms with Gasteiger partial charge in [-0.25, -0.2) is 9.97 Å². The minimum Gasteiger partial charge on any atom is -0.481 e. The molecule has 0 bridgehead atoms. The van der Waals surface area contributed by atoms with Gasteiger partial charge in [-0.05, 0) is 13.5 Å². The Kier molecular flexibility index (Phi) is 4.46. The standard InChI is InChI=1S/C13H19N5O/c1-4-14-13(10-7-17-18(5-2)8-10)11-6-12(19-3)16-9-15-11/h6-9,13-14H,4-5H2,1-3H3. The first-order valence-electron chi connectivity index (χ1n) is 6.40. The van der Waals surface area contributed by atoms with E-state index in [1.165, 1.54) is 6.33 Å². The van der Waals surface area contributed by atoms with Crippen LogP contribution in [0.25, 0.3) is 0 Å². The van der Waals surface area contributed by atoms with Gasteiger partial charge in [0.25, 0.3) is 0 Å². The molecule has 1 N–H and O–H groups in total. The minimum absolute atomic E-state index is 0.00204. The predicted octanol–water partition coefficient (Wildman–Crippen LogP) is 1.40. The Morgan fingerprint density at radius 3 is 2.84 bits per heavy atom. The SMILES string of the molecule is CCNC(c1cnn(CC)c1)c1cc(OC)ncn1. The van der Waals surface area contributed by atoms with Crippen LogP contribution in [0.15, 0.2) is 24.8 Å². The lowest BCUT2D eigenvalue weighted by Gasteiger charge is -2.16. The summed E-state index contributed by atoms with van der Waals surface area (Å²) in [4.78, 5) is 8.36. The Morgan fingerprint density at radius 1 is 1.37 bits per heavy atom. The van der Waals surface area contributed by atoms with Gasteiger partial charge >= 0.3 is 0 Å². The van der Waals surface area contributed by atoms with Crippen LogP contribution in [0.1, 0.15) is 31.1 Å². The molecule has 0 aliphatic heterocycles. The lowest BCUT2D eigenvalue weighted by Crippen LogP contribution is -2.22. The van der Waals surface area contributed by atoms with E-state index in [2.05, 4.69) is 34.2 Å². The highest BCUT2D eigenvalue weighted by atomic mass is 16.5. The number of hydrogen-bond donors (Lipinski definition) is 1. The molecule has 2 aromatic heterocycles. The molecule has 1 unspecified atom stereocenters. The maximum absolute atomic E-state index is 5.15. The summed E-state index contributed by atoms with van der Waals surface area (Å²) in [6, 6.07) is 1.85. The average Bonchev–Trinajstić information content (AvgIpc) is 2.93. The Morgan fingerprint density at radius 2 is 2.21 bits per heavy atom. The number of aromatic nitrogens is 4. The van der Waals surface area contributed by atoms with Gasteiger partial charge in [-0.3, -0.25) is 4.68 Å². The number of nitrogens with zero attached hydrogens (tertiary/aromatic N) is 4. The third-order valence-corrected chi connectivity index (χ3v) is 2.89. The lowest BCUT2D eigenvalue weighted by molar-refractivity contribution is 0.395. The monoisotopic (exact) mass is 261 g/mol. The second-order valence-electron chi connectivity index (χ2n) is 4.11. The maximum atomic E-state index is 5.15. The summed E-state index contributed by atoms with van der Waals surface area (Å²) in [6.45, 7) is 5.82. The highest BCUT2D eigenvalue weighted by Gasteiger charge is 2.17. The van der Waals surface area contributed by atoms with Crippen LogP contribution in [0, 0.1) is 0 Å². The highest BCUT2D eigenvalue weighted by molar-refractivity contribution is 5.26. The van der Waals surface area contributed by atoms with Crippen LogP contribution < -0.4 is 10.1 Å². The van der Waals surface area contributed by atoms with Crippen LogP contribution in [0.2, 0.25) is 0 Å². The molecule has 1 atom stereocenters.